The molecule has 0 fully saturated rings. The van der Waals surface area contributed by atoms with Gasteiger partial charge in [-0.1, -0.05) is 32.0 Å². The molecule has 0 aliphatic carbocycles. The predicted octanol–water partition coefficient (Wildman–Crippen LogP) is 1.58. The first kappa shape index (κ1) is 22.5. The molecule has 0 radical (unpaired) electrons. The molecule has 0 aliphatic rings. The summed E-state index contributed by atoms with van der Waals surface area (Å²) in [6, 6.07) is 7.47. The van der Waals surface area contributed by atoms with Crippen LogP contribution in [0.5, 0.6) is 0 Å². The van der Waals surface area contributed by atoms with E-state index in [4.69, 9.17) is 5.14 Å². The van der Waals surface area contributed by atoms with Gasteiger partial charge in [-0.05, 0) is 42.0 Å². The molecule has 0 aliphatic heterocycles. The lowest BCUT2D eigenvalue weighted by Gasteiger charge is -2.24. The number of hydrogen-bond donors (Lipinski definition) is 3. The van der Waals surface area contributed by atoms with Gasteiger partial charge in [-0.15, -0.1) is 11.3 Å². The van der Waals surface area contributed by atoms with Crippen LogP contribution in [-0.4, -0.2) is 28.8 Å². The number of primary sulfonamides is 1. The fourth-order valence-electron chi connectivity index (χ4n) is 2.47. The van der Waals surface area contributed by atoms with E-state index in [9.17, 15) is 21.6 Å². The van der Waals surface area contributed by atoms with Crippen molar-refractivity contribution >= 4 is 37.3 Å². The molecule has 0 saturated carbocycles. The Morgan fingerprint density at radius 1 is 1.04 bits per heavy atom. The van der Waals surface area contributed by atoms with E-state index in [1.165, 1.54) is 18.2 Å². The zero-order valence-corrected chi connectivity index (χ0v) is 18.1. The third-order valence-electron chi connectivity index (χ3n) is 4.06. The minimum atomic E-state index is -3.80. The van der Waals surface area contributed by atoms with Gasteiger partial charge in [-0.25, -0.2) is 22.0 Å². The Morgan fingerprint density at radius 3 is 2.11 bits per heavy atom. The van der Waals surface area contributed by atoms with Crippen LogP contribution in [0.3, 0.4) is 0 Å². The Kier molecular flexibility index (Phi) is 6.99. The molecule has 2 aromatic rings. The lowest BCUT2D eigenvalue weighted by atomic mass is 10.0. The molecule has 28 heavy (non-hydrogen) atoms. The quantitative estimate of drug-likeness (QED) is 0.567. The van der Waals surface area contributed by atoms with E-state index < -0.39 is 38.0 Å². The molecule has 2 rings (SSSR count). The second kappa shape index (κ2) is 8.70. The molecule has 1 amide bonds. The SMILES string of the molecule is CC(C)[C@H](NS(=O)(=O)c1cccs1)C(=O)N[C@@H](C)c1ccc(S(N)(=O)=O)cc1. The number of sulfonamides is 2. The van der Waals surface area contributed by atoms with Crippen molar-refractivity contribution in [2.75, 3.05) is 0 Å². The maximum Gasteiger partial charge on any atom is 0.250 e. The lowest BCUT2D eigenvalue weighted by Crippen LogP contribution is -2.49. The molecule has 11 heteroatoms. The van der Waals surface area contributed by atoms with Gasteiger partial charge in [-0.2, -0.15) is 4.72 Å². The molecule has 8 nitrogen and oxygen atoms in total. The summed E-state index contributed by atoms with van der Waals surface area (Å²) in [7, 11) is -7.60. The van der Waals surface area contributed by atoms with Gasteiger partial charge in [0.1, 0.15) is 10.3 Å². The number of nitrogens with two attached hydrogens (primary N) is 1. The largest absolute Gasteiger partial charge is 0.348 e. The van der Waals surface area contributed by atoms with Crippen LogP contribution in [0.1, 0.15) is 32.4 Å². The summed E-state index contributed by atoms with van der Waals surface area (Å²) < 4.78 is 50.2. The average Bonchev–Trinajstić information content (AvgIpc) is 3.14. The van der Waals surface area contributed by atoms with Crippen LogP contribution in [0.2, 0.25) is 0 Å². The van der Waals surface area contributed by atoms with Crippen molar-refractivity contribution in [1.29, 1.82) is 0 Å². The van der Waals surface area contributed by atoms with Crippen molar-refractivity contribution in [2.45, 2.75) is 42.0 Å². The molecule has 4 N–H and O–H groups in total. The van der Waals surface area contributed by atoms with Gasteiger partial charge < -0.3 is 5.32 Å². The van der Waals surface area contributed by atoms with Crippen LogP contribution in [-0.2, 0) is 24.8 Å². The zero-order chi connectivity index (χ0) is 21.1. The normalized spacial score (nSPS) is 14.6. The number of nitrogens with one attached hydrogen (secondary N) is 2. The van der Waals surface area contributed by atoms with Crippen LogP contribution < -0.4 is 15.2 Å². The van der Waals surface area contributed by atoms with Gasteiger partial charge >= 0.3 is 0 Å². The molecule has 0 saturated heterocycles. The highest BCUT2D eigenvalue weighted by Crippen LogP contribution is 2.19. The Balaban J connectivity index is 2.13. The van der Waals surface area contributed by atoms with Crippen molar-refractivity contribution in [3.63, 3.8) is 0 Å². The van der Waals surface area contributed by atoms with Gasteiger partial charge in [0.15, 0.2) is 0 Å². The van der Waals surface area contributed by atoms with Gasteiger partial charge in [0.2, 0.25) is 15.9 Å². The summed E-state index contributed by atoms with van der Waals surface area (Å²) >= 11 is 1.07. The van der Waals surface area contributed by atoms with Crippen molar-refractivity contribution in [1.82, 2.24) is 10.0 Å². The lowest BCUT2D eigenvalue weighted by molar-refractivity contribution is -0.124. The van der Waals surface area contributed by atoms with Gasteiger partial charge in [0.25, 0.3) is 10.0 Å². The van der Waals surface area contributed by atoms with Crippen molar-refractivity contribution < 1.29 is 21.6 Å². The summed E-state index contributed by atoms with van der Waals surface area (Å²) in [6.45, 7) is 5.20. The summed E-state index contributed by atoms with van der Waals surface area (Å²) in [6.07, 6.45) is 0. The maximum absolute atomic E-state index is 12.7. The molecule has 1 aromatic heterocycles. The smallest absolute Gasteiger partial charge is 0.250 e. The number of carbonyl (C=O) groups is 1. The third-order valence-corrected chi connectivity index (χ3v) is 7.83. The molecule has 1 aromatic carbocycles. The number of thiophene rings is 1. The fraction of sp³-hybridized carbons (Fsp3) is 0.353. The van der Waals surface area contributed by atoms with Gasteiger partial charge in [-0.3, -0.25) is 4.79 Å². The van der Waals surface area contributed by atoms with Gasteiger partial charge in [0.05, 0.1) is 10.9 Å². The van der Waals surface area contributed by atoms with E-state index in [1.54, 1.807) is 44.4 Å². The predicted molar refractivity (Wildman–Crippen MR) is 108 cm³/mol. The monoisotopic (exact) mass is 445 g/mol. The highest BCUT2D eigenvalue weighted by molar-refractivity contribution is 7.91. The van der Waals surface area contributed by atoms with E-state index in [0.29, 0.717) is 5.56 Å². The second-order valence-electron chi connectivity index (χ2n) is 6.62. The topological polar surface area (TPSA) is 135 Å². The van der Waals surface area contributed by atoms with E-state index >= 15 is 0 Å². The van der Waals surface area contributed by atoms with E-state index in [0.717, 1.165) is 11.3 Å². The Hall–Kier alpha value is -1.79. The van der Waals surface area contributed by atoms with E-state index in [1.807, 2.05) is 0 Å². The Bertz CT molecular complexity index is 1010. The molecular formula is C17H23N3O5S3. The molecule has 0 unspecified atom stereocenters. The highest BCUT2D eigenvalue weighted by atomic mass is 32.2. The van der Waals surface area contributed by atoms with Crippen molar-refractivity contribution in [2.24, 2.45) is 11.1 Å². The van der Waals surface area contributed by atoms with Crippen molar-refractivity contribution in [3.8, 4) is 0 Å². The first-order chi connectivity index (χ1) is 12.9. The Labute approximate surface area is 169 Å². The van der Waals surface area contributed by atoms with Gasteiger partial charge in [0, 0.05) is 0 Å². The summed E-state index contributed by atoms with van der Waals surface area (Å²) in [5.41, 5.74) is 0.657. The average molecular weight is 446 g/mol. The Morgan fingerprint density at radius 2 is 1.64 bits per heavy atom. The van der Waals surface area contributed by atoms with Crippen LogP contribution in [0.25, 0.3) is 0 Å². The van der Waals surface area contributed by atoms with E-state index in [-0.39, 0.29) is 15.0 Å². The number of benzene rings is 1. The van der Waals surface area contributed by atoms with Crippen molar-refractivity contribution in [3.05, 3.63) is 47.3 Å². The number of rotatable bonds is 8. The molecule has 154 valence electrons. The number of amides is 1. The molecule has 0 bridgehead atoms. The summed E-state index contributed by atoms with van der Waals surface area (Å²) in [5, 5.41) is 9.48. The van der Waals surface area contributed by atoms with Crippen LogP contribution in [0.15, 0.2) is 50.9 Å². The molecule has 2 atom stereocenters. The standard InChI is InChI=1S/C17H23N3O5S3/c1-11(2)16(20-28(24,25)15-5-4-10-26-15)17(21)19-12(3)13-6-8-14(9-7-13)27(18,22)23/h4-12,16,20H,1-3H3,(H,19,21)(H2,18,22,23)/t12-,16-/m0/s1. The molecular weight excluding hydrogens is 422 g/mol. The highest BCUT2D eigenvalue weighted by Gasteiger charge is 2.29. The second-order valence-corrected chi connectivity index (χ2v) is 11.1. The van der Waals surface area contributed by atoms with Crippen LogP contribution in [0, 0.1) is 5.92 Å². The number of hydrogen-bond acceptors (Lipinski definition) is 6. The number of carbonyl (C=O) groups excluding carboxylic acids is 1. The summed E-state index contributed by atoms with van der Waals surface area (Å²) in [4.78, 5) is 12.7. The van der Waals surface area contributed by atoms with E-state index in [2.05, 4.69) is 10.0 Å². The molecule has 1 heterocycles. The van der Waals surface area contributed by atoms with Crippen LogP contribution >= 0.6 is 11.3 Å². The van der Waals surface area contributed by atoms with Crippen LogP contribution in [0.4, 0.5) is 0 Å². The first-order valence-electron chi connectivity index (χ1n) is 8.41. The minimum absolute atomic E-state index is 0.0291. The maximum atomic E-state index is 12.7. The fourth-order valence-corrected chi connectivity index (χ4v) is 5.34. The third kappa shape index (κ3) is 5.61. The minimum Gasteiger partial charge on any atom is -0.348 e. The summed E-state index contributed by atoms with van der Waals surface area (Å²) in [5.74, 6) is -0.759. The first-order valence-corrected chi connectivity index (χ1v) is 12.3. The molecule has 0 spiro atoms. The zero-order valence-electron chi connectivity index (χ0n) is 15.6.